The molecule has 6 heteroatoms. The van der Waals surface area contributed by atoms with Crippen molar-refractivity contribution in [2.24, 2.45) is 5.92 Å². The fourth-order valence-electron chi connectivity index (χ4n) is 3.84. The summed E-state index contributed by atoms with van der Waals surface area (Å²) < 4.78 is 1.83. The normalized spacial score (nSPS) is 24.9. The van der Waals surface area contributed by atoms with Crippen LogP contribution in [-0.2, 0) is 4.79 Å². The van der Waals surface area contributed by atoms with Gasteiger partial charge in [-0.3, -0.25) is 4.79 Å². The number of fused-ring (bicyclic) bond motifs is 2. The van der Waals surface area contributed by atoms with E-state index in [1.54, 1.807) is 11.3 Å². The van der Waals surface area contributed by atoms with E-state index in [1.165, 1.54) is 11.2 Å². The van der Waals surface area contributed by atoms with Crippen LogP contribution in [0.1, 0.15) is 28.8 Å². The summed E-state index contributed by atoms with van der Waals surface area (Å²) in [5, 5.41) is 9.77. The zero-order valence-corrected chi connectivity index (χ0v) is 14.2. The maximum Gasteiger partial charge on any atom is 0.226 e. The minimum absolute atomic E-state index is 0.136. The van der Waals surface area contributed by atoms with Gasteiger partial charge in [-0.1, -0.05) is 42.5 Å². The Morgan fingerprint density at radius 1 is 1.16 bits per heavy atom. The molecule has 124 valence electrons. The van der Waals surface area contributed by atoms with Crippen LogP contribution in [0.4, 0.5) is 5.95 Å². The van der Waals surface area contributed by atoms with Crippen molar-refractivity contribution in [3.8, 4) is 0 Å². The van der Waals surface area contributed by atoms with Crippen molar-refractivity contribution in [3.05, 3.63) is 76.4 Å². The van der Waals surface area contributed by atoms with Crippen molar-refractivity contribution in [1.29, 1.82) is 0 Å². The number of thiophene rings is 1. The van der Waals surface area contributed by atoms with Gasteiger partial charge in [0, 0.05) is 22.9 Å². The highest BCUT2D eigenvalue weighted by atomic mass is 32.1. The summed E-state index contributed by atoms with van der Waals surface area (Å²) in [5.74, 6) is 0.833. The van der Waals surface area contributed by atoms with Crippen molar-refractivity contribution < 1.29 is 4.79 Å². The van der Waals surface area contributed by atoms with E-state index in [0.717, 1.165) is 11.3 Å². The molecule has 0 unspecified atom stereocenters. The first-order valence-electron chi connectivity index (χ1n) is 8.30. The lowest BCUT2D eigenvalue weighted by molar-refractivity contribution is -0.123. The molecular formula is C19H16N4OS. The van der Waals surface area contributed by atoms with Crippen LogP contribution >= 0.6 is 11.3 Å². The third-order valence-corrected chi connectivity index (χ3v) is 5.95. The van der Waals surface area contributed by atoms with E-state index >= 15 is 0 Å². The number of benzene rings is 1. The Labute approximate surface area is 149 Å². The van der Waals surface area contributed by atoms with Crippen LogP contribution in [0.25, 0.3) is 0 Å². The third-order valence-electron chi connectivity index (χ3n) is 4.94. The van der Waals surface area contributed by atoms with Gasteiger partial charge in [0.25, 0.3) is 0 Å². The molecule has 0 fully saturated rings. The van der Waals surface area contributed by atoms with Gasteiger partial charge in [0.15, 0.2) is 0 Å². The van der Waals surface area contributed by atoms with Gasteiger partial charge in [0.2, 0.25) is 5.95 Å². The molecule has 25 heavy (non-hydrogen) atoms. The second-order valence-electron chi connectivity index (χ2n) is 6.40. The molecule has 3 heterocycles. The van der Waals surface area contributed by atoms with Crippen molar-refractivity contribution in [1.82, 2.24) is 14.8 Å². The number of hydrogen-bond donors (Lipinski definition) is 1. The molecule has 1 aliphatic carbocycles. The smallest absolute Gasteiger partial charge is 0.226 e. The third kappa shape index (κ3) is 2.33. The summed E-state index contributed by atoms with van der Waals surface area (Å²) in [6.45, 7) is 0. The van der Waals surface area contributed by atoms with Crippen LogP contribution in [0, 0.1) is 5.92 Å². The molecule has 3 aromatic rings. The topological polar surface area (TPSA) is 59.8 Å². The summed E-state index contributed by atoms with van der Waals surface area (Å²) in [5.41, 5.74) is 2.03. The highest BCUT2D eigenvalue weighted by molar-refractivity contribution is 7.10. The molecule has 0 bridgehead atoms. The number of ketones is 1. The van der Waals surface area contributed by atoms with Crippen molar-refractivity contribution in [2.45, 2.75) is 18.4 Å². The number of hydrogen-bond acceptors (Lipinski definition) is 5. The monoisotopic (exact) mass is 348 g/mol. The SMILES string of the molecule is O=C1C[C@H](c2cccs2)C=C2Nc3ncnn3[C@H](c3ccccc3)[C@@H]12. The first-order chi connectivity index (χ1) is 12.3. The molecular weight excluding hydrogens is 332 g/mol. The van der Waals surface area contributed by atoms with Gasteiger partial charge in [0.1, 0.15) is 12.1 Å². The van der Waals surface area contributed by atoms with Crippen molar-refractivity contribution in [2.75, 3.05) is 5.32 Å². The van der Waals surface area contributed by atoms with Gasteiger partial charge in [0.05, 0.1) is 12.0 Å². The average Bonchev–Trinajstić information content (AvgIpc) is 3.32. The largest absolute Gasteiger partial charge is 0.328 e. The van der Waals surface area contributed by atoms with Crippen LogP contribution in [0.15, 0.2) is 65.9 Å². The summed E-state index contributed by atoms with van der Waals surface area (Å²) in [4.78, 5) is 18.7. The Hall–Kier alpha value is -2.73. The second kappa shape index (κ2) is 5.67. The Morgan fingerprint density at radius 2 is 2.04 bits per heavy atom. The number of carbonyl (C=O) groups is 1. The van der Waals surface area contributed by atoms with Crippen LogP contribution in [0.2, 0.25) is 0 Å². The zero-order valence-electron chi connectivity index (χ0n) is 13.4. The molecule has 0 radical (unpaired) electrons. The molecule has 0 saturated heterocycles. The Morgan fingerprint density at radius 3 is 2.84 bits per heavy atom. The molecule has 5 rings (SSSR count). The number of nitrogens with one attached hydrogen (secondary N) is 1. The molecule has 5 nitrogen and oxygen atoms in total. The van der Waals surface area contributed by atoms with E-state index in [0.29, 0.717) is 12.4 Å². The number of rotatable bonds is 2. The molecule has 0 spiro atoms. The molecule has 3 atom stereocenters. The van der Waals surface area contributed by atoms with Crippen molar-refractivity contribution >= 4 is 23.1 Å². The number of carbonyl (C=O) groups excluding carboxylic acids is 1. The van der Waals surface area contributed by atoms with Crippen LogP contribution in [0.5, 0.6) is 0 Å². The average molecular weight is 348 g/mol. The Bertz CT molecular complexity index is 945. The van der Waals surface area contributed by atoms with E-state index < -0.39 is 0 Å². The quantitative estimate of drug-likeness (QED) is 0.768. The van der Waals surface area contributed by atoms with E-state index in [2.05, 4.69) is 45.1 Å². The molecule has 2 aliphatic rings. The van der Waals surface area contributed by atoms with Gasteiger partial charge in [-0.15, -0.1) is 11.3 Å². The van der Waals surface area contributed by atoms with Gasteiger partial charge in [-0.25, -0.2) is 4.68 Å². The van der Waals surface area contributed by atoms with Gasteiger partial charge < -0.3 is 5.32 Å². The first kappa shape index (κ1) is 14.6. The Kier molecular flexibility index (Phi) is 3.31. The Balaban J connectivity index is 1.64. The molecule has 1 aliphatic heterocycles. The maximum absolute atomic E-state index is 13.1. The minimum Gasteiger partial charge on any atom is -0.328 e. The number of Topliss-reactive ketones (excluding diaryl/α,β-unsaturated/α-hetero) is 1. The molecule has 2 aromatic heterocycles. The van der Waals surface area contributed by atoms with E-state index in [1.807, 2.05) is 28.9 Å². The van der Waals surface area contributed by atoms with Crippen LogP contribution in [0.3, 0.4) is 0 Å². The van der Waals surface area contributed by atoms with E-state index in [4.69, 9.17) is 0 Å². The lowest BCUT2D eigenvalue weighted by Gasteiger charge is -2.37. The fraction of sp³-hybridized carbons (Fsp3) is 0.211. The zero-order chi connectivity index (χ0) is 16.8. The maximum atomic E-state index is 13.1. The lowest BCUT2D eigenvalue weighted by Crippen LogP contribution is -2.40. The van der Waals surface area contributed by atoms with Gasteiger partial charge in [-0.2, -0.15) is 10.1 Å². The summed E-state index contributed by atoms with van der Waals surface area (Å²) in [7, 11) is 0. The van der Waals surface area contributed by atoms with Crippen molar-refractivity contribution in [3.63, 3.8) is 0 Å². The van der Waals surface area contributed by atoms with Gasteiger partial charge >= 0.3 is 0 Å². The number of aromatic nitrogens is 3. The van der Waals surface area contributed by atoms with Crippen LogP contribution in [-0.4, -0.2) is 20.5 Å². The predicted octanol–water partition coefficient (Wildman–Crippen LogP) is 3.61. The lowest BCUT2D eigenvalue weighted by atomic mass is 9.77. The predicted molar refractivity (Wildman–Crippen MR) is 96.5 cm³/mol. The molecule has 0 saturated carbocycles. The second-order valence-corrected chi connectivity index (χ2v) is 7.38. The standard InChI is InChI=1S/C19H16N4OS/c24-15-10-13(16-7-4-8-25-16)9-14-17(15)18(12-5-2-1-3-6-12)23-19(22-14)20-11-21-23/h1-9,11,13,17-18H,10H2,(H,20,21,22)/t13-,17-,18-/m1/s1. The highest BCUT2D eigenvalue weighted by Gasteiger charge is 2.43. The molecule has 1 aromatic carbocycles. The minimum atomic E-state index is -0.243. The first-order valence-corrected chi connectivity index (χ1v) is 9.18. The molecule has 1 N–H and O–H groups in total. The summed E-state index contributed by atoms with van der Waals surface area (Å²) >= 11 is 1.70. The number of anilines is 1. The molecule has 0 amide bonds. The summed E-state index contributed by atoms with van der Waals surface area (Å²) in [6, 6.07) is 14.1. The number of allylic oxidation sites excluding steroid dienone is 2. The van der Waals surface area contributed by atoms with Gasteiger partial charge in [-0.05, 0) is 17.0 Å². The van der Waals surface area contributed by atoms with Crippen LogP contribution < -0.4 is 5.32 Å². The van der Waals surface area contributed by atoms with E-state index in [-0.39, 0.29) is 23.7 Å². The summed E-state index contributed by atoms with van der Waals surface area (Å²) in [6.07, 6.45) is 4.27. The fourth-order valence-corrected chi connectivity index (χ4v) is 4.64. The number of nitrogens with zero attached hydrogens (tertiary/aromatic N) is 3. The highest BCUT2D eigenvalue weighted by Crippen LogP contribution is 2.44. The van der Waals surface area contributed by atoms with E-state index in [9.17, 15) is 4.79 Å².